The highest BCUT2D eigenvalue weighted by molar-refractivity contribution is 9.10. The van der Waals surface area contributed by atoms with Crippen LogP contribution in [0.2, 0.25) is 5.02 Å². The zero-order valence-corrected chi connectivity index (χ0v) is 14.8. The predicted molar refractivity (Wildman–Crippen MR) is 93.4 cm³/mol. The number of hydrogen-bond donors (Lipinski definition) is 1. The molecule has 0 unspecified atom stereocenters. The van der Waals surface area contributed by atoms with E-state index in [4.69, 9.17) is 16.3 Å². The Kier molecular flexibility index (Phi) is 5.54. The van der Waals surface area contributed by atoms with Gasteiger partial charge in [-0.25, -0.2) is 0 Å². The molecule has 0 spiro atoms. The van der Waals surface area contributed by atoms with Crippen LogP contribution in [-0.4, -0.2) is 6.10 Å². The van der Waals surface area contributed by atoms with E-state index >= 15 is 0 Å². The summed E-state index contributed by atoms with van der Waals surface area (Å²) in [7, 11) is 0. The molecule has 0 saturated heterocycles. The Hall–Kier alpha value is -1.19. The van der Waals surface area contributed by atoms with Crippen LogP contribution in [0.4, 0.5) is 5.69 Å². The lowest BCUT2D eigenvalue weighted by atomic mass is 10.2. The Morgan fingerprint density at radius 1 is 1.24 bits per heavy atom. The summed E-state index contributed by atoms with van der Waals surface area (Å²) in [6.07, 6.45) is 0.179. The van der Waals surface area contributed by atoms with Gasteiger partial charge in [-0.05, 0) is 72.1 Å². The number of anilines is 1. The Bertz CT molecular complexity index is 628. The van der Waals surface area contributed by atoms with Gasteiger partial charge in [-0.15, -0.1) is 0 Å². The highest BCUT2D eigenvalue weighted by Gasteiger charge is 2.05. The molecule has 0 fully saturated rings. The number of aryl methyl sites for hydroxylation is 1. The minimum absolute atomic E-state index is 0.179. The maximum absolute atomic E-state index is 6.17. The first kappa shape index (κ1) is 16.2. The van der Waals surface area contributed by atoms with E-state index in [-0.39, 0.29) is 6.10 Å². The molecule has 0 amide bonds. The average molecular weight is 369 g/mol. The van der Waals surface area contributed by atoms with Crippen molar-refractivity contribution in [3.05, 3.63) is 57.0 Å². The average Bonchev–Trinajstić information content (AvgIpc) is 2.41. The Labute approximate surface area is 139 Å². The number of hydrogen-bond acceptors (Lipinski definition) is 2. The summed E-state index contributed by atoms with van der Waals surface area (Å²) in [5, 5.41) is 4.15. The first-order chi connectivity index (χ1) is 9.95. The van der Waals surface area contributed by atoms with Crippen molar-refractivity contribution in [3.8, 4) is 5.75 Å². The van der Waals surface area contributed by atoms with Crippen LogP contribution in [0.15, 0.2) is 40.9 Å². The van der Waals surface area contributed by atoms with Gasteiger partial charge in [0.1, 0.15) is 5.75 Å². The molecular weight excluding hydrogens is 350 g/mol. The van der Waals surface area contributed by atoms with Gasteiger partial charge in [0.05, 0.1) is 11.8 Å². The Morgan fingerprint density at radius 3 is 2.71 bits per heavy atom. The van der Waals surface area contributed by atoms with E-state index in [9.17, 15) is 0 Å². The summed E-state index contributed by atoms with van der Waals surface area (Å²) in [5.74, 6) is 0.894. The second-order valence-corrected chi connectivity index (χ2v) is 6.51. The number of nitrogens with one attached hydrogen (secondary N) is 1. The van der Waals surface area contributed by atoms with E-state index in [0.29, 0.717) is 6.54 Å². The molecule has 0 saturated carbocycles. The summed E-state index contributed by atoms with van der Waals surface area (Å²) in [5.41, 5.74) is 3.21. The molecule has 2 rings (SSSR count). The van der Waals surface area contributed by atoms with Gasteiger partial charge in [-0.3, -0.25) is 0 Å². The lowest BCUT2D eigenvalue weighted by Crippen LogP contribution is -2.06. The fourth-order valence-corrected chi connectivity index (χ4v) is 2.74. The van der Waals surface area contributed by atoms with Crippen LogP contribution < -0.4 is 10.1 Å². The van der Waals surface area contributed by atoms with Gasteiger partial charge in [0.15, 0.2) is 0 Å². The SMILES string of the molecule is Cc1cc(Br)c(NCc2cccc(OC(C)C)c2)cc1Cl. The van der Waals surface area contributed by atoms with Crippen LogP contribution in [0, 0.1) is 6.92 Å². The minimum Gasteiger partial charge on any atom is -0.491 e. The Morgan fingerprint density at radius 2 is 2.00 bits per heavy atom. The van der Waals surface area contributed by atoms with Gasteiger partial charge in [0.25, 0.3) is 0 Å². The first-order valence-corrected chi connectivity index (χ1v) is 8.08. The van der Waals surface area contributed by atoms with E-state index in [1.807, 2.05) is 45.0 Å². The van der Waals surface area contributed by atoms with Crippen LogP contribution >= 0.6 is 27.5 Å². The molecular formula is C17H19BrClNO. The highest BCUT2D eigenvalue weighted by Crippen LogP contribution is 2.29. The van der Waals surface area contributed by atoms with Gasteiger partial charge in [0.2, 0.25) is 0 Å². The van der Waals surface area contributed by atoms with E-state index in [1.165, 1.54) is 0 Å². The quantitative estimate of drug-likeness (QED) is 0.719. The smallest absolute Gasteiger partial charge is 0.120 e. The third kappa shape index (κ3) is 4.65. The van der Waals surface area contributed by atoms with Crippen molar-refractivity contribution in [2.24, 2.45) is 0 Å². The molecule has 0 heterocycles. The summed E-state index contributed by atoms with van der Waals surface area (Å²) in [6, 6.07) is 12.1. The summed E-state index contributed by atoms with van der Waals surface area (Å²) < 4.78 is 6.72. The van der Waals surface area contributed by atoms with Crippen molar-refractivity contribution in [1.29, 1.82) is 0 Å². The third-order valence-corrected chi connectivity index (χ3v) is 4.06. The van der Waals surface area contributed by atoms with Crippen LogP contribution in [0.3, 0.4) is 0 Å². The van der Waals surface area contributed by atoms with Gasteiger partial charge in [-0.2, -0.15) is 0 Å². The van der Waals surface area contributed by atoms with Crippen LogP contribution in [0.5, 0.6) is 5.75 Å². The fraction of sp³-hybridized carbons (Fsp3) is 0.294. The maximum Gasteiger partial charge on any atom is 0.120 e. The molecule has 0 radical (unpaired) electrons. The second-order valence-electron chi connectivity index (χ2n) is 5.25. The normalized spacial score (nSPS) is 10.8. The van der Waals surface area contributed by atoms with Crippen molar-refractivity contribution in [3.63, 3.8) is 0 Å². The van der Waals surface area contributed by atoms with E-state index < -0.39 is 0 Å². The summed E-state index contributed by atoms with van der Waals surface area (Å²) >= 11 is 9.73. The van der Waals surface area contributed by atoms with E-state index in [2.05, 4.69) is 33.4 Å². The largest absolute Gasteiger partial charge is 0.491 e. The zero-order valence-electron chi connectivity index (χ0n) is 12.4. The van der Waals surface area contributed by atoms with Crippen LogP contribution in [-0.2, 0) is 6.54 Å². The zero-order chi connectivity index (χ0) is 15.4. The number of halogens is 2. The van der Waals surface area contributed by atoms with E-state index in [0.717, 1.165) is 32.1 Å². The van der Waals surface area contributed by atoms with Gasteiger partial charge >= 0.3 is 0 Å². The highest BCUT2D eigenvalue weighted by atomic mass is 79.9. The fourth-order valence-electron chi connectivity index (χ4n) is 1.98. The van der Waals surface area contributed by atoms with Crippen molar-refractivity contribution >= 4 is 33.2 Å². The molecule has 4 heteroatoms. The molecule has 0 aliphatic heterocycles. The molecule has 21 heavy (non-hydrogen) atoms. The van der Waals surface area contributed by atoms with Gasteiger partial charge in [-0.1, -0.05) is 23.7 Å². The molecule has 112 valence electrons. The second kappa shape index (κ2) is 7.19. The van der Waals surface area contributed by atoms with Crippen molar-refractivity contribution in [2.75, 3.05) is 5.32 Å². The van der Waals surface area contributed by atoms with Crippen molar-refractivity contribution in [1.82, 2.24) is 0 Å². The number of ether oxygens (including phenoxy) is 1. The van der Waals surface area contributed by atoms with Gasteiger partial charge in [0, 0.05) is 16.0 Å². The molecule has 2 aromatic rings. The summed E-state index contributed by atoms with van der Waals surface area (Å²) in [6.45, 7) is 6.75. The maximum atomic E-state index is 6.17. The van der Waals surface area contributed by atoms with Crippen LogP contribution in [0.1, 0.15) is 25.0 Å². The summed E-state index contributed by atoms with van der Waals surface area (Å²) in [4.78, 5) is 0. The number of benzene rings is 2. The predicted octanol–water partition coefficient (Wildman–Crippen LogP) is 5.81. The molecule has 0 aromatic heterocycles. The lowest BCUT2D eigenvalue weighted by Gasteiger charge is -2.13. The monoisotopic (exact) mass is 367 g/mol. The third-order valence-electron chi connectivity index (χ3n) is 3.00. The lowest BCUT2D eigenvalue weighted by molar-refractivity contribution is 0.242. The standard InChI is InChI=1S/C17H19BrClNO/c1-11(2)21-14-6-4-5-13(8-14)10-20-17-9-16(19)12(3)7-15(17)18/h4-9,11,20H,10H2,1-3H3. The van der Waals surface area contributed by atoms with Crippen molar-refractivity contribution < 1.29 is 4.74 Å². The van der Waals surface area contributed by atoms with Gasteiger partial charge < -0.3 is 10.1 Å². The first-order valence-electron chi connectivity index (χ1n) is 6.91. The van der Waals surface area contributed by atoms with Crippen molar-refractivity contribution in [2.45, 2.75) is 33.4 Å². The number of rotatable bonds is 5. The molecule has 1 N–H and O–H groups in total. The minimum atomic E-state index is 0.179. The topological polar surface area (TPSA) is 21.3 Å². The molecule has 0 bridgehead atoms. The van der Waals surface area contributed by atoms with Crippen LogP contribution in [0.25, 0.3) is 0 Å². The molecule has 2 aromatic carbocycles. The molecule has 0 aliphatic rings. The van der Waals surface area contributed by atoms with E-state index in [1.54, 1.807) is 0 Å². The molecule has 0 atom stereocenters. The molecule has 0 aliphatic carbocycles. The molecule has 2 nitrogen and oxygen atoms in total. The Balaban J connectivity index is 2.08.